The Morgan fingerprint density at radius 2 is 1.96 bits per heavy atom. The normalized spacial score (nSPS) is 10.3. The molecule has 8 heteroatoms. The minimum Gasteiger partial charge on any atom is -0.382 e. The van der Waals surface area contributed by atoms with E-state index in [2.05, 4.69) is 27.4 Å². The number of hydrogen-bond donors (Lipinski definition) is 2. The molecule has 2 aromatic heterocycles. The van der Waals surface area contributed by atoms with Gasteiger partial charge in [0.2, 0.25) is 5.43 Å². The Labute approximate surface area is 144 Å². The molecular formula is C15H22N2O4S2. The number of aromatic nitrogens is 1. The molecule has 0 fully saturated rings. The van der Waals surface area contributed by atoms with Crippen LogP contribution in [0.4, 0.5) is 0 Å². The highest BCUT2D eigenvalue weighted by Crippen LogP contribution is 2.22. The molecule has 0 atom stereocenters. The van der Waals surface area contributed by atoms with E-state index in [1.165, 1.54) is 11.3 Å². The Morgan fingerprint density at radius 3 is 2.48 bits per heavy atom. The number of methoxy groups -OCH3 is 2. The van der Waals surface area contributed by atoms with Gasteiger partial charge in [-0.05, 0) is 17.9 Å². The van der Waals surface area contributed by atoms with Crippen LogP contribution >= 0.6 is 24.0 Å². The monoisotopic (exact) mass is 358 g/mol. The number of thiol groups is 1. The fraction of sp³-hybridized carbons (Fsp3) is 0.467. The molecule has 128 valence electrons. The van der Waals surface area contributed by atoms with Crippen molar-refractivity contribution in [2.24, 2.45) is 7.05 Å². The molecule has 2 aromatic rings. The molecular weight excluding hydrogens is 336 g/mol. The van der Waals surface area contributed by atoms with Crippen molar-refractivity contribution in [1.29, 1.82) is 0 Å². The number of fused-ring (bicyclic) bond motifs is 1. The third kappa shape index (κ3) is 5.07. The summed E-state index contributed by atoms with van der Waals surface area (Å²) in [6.07, 6.45) is 1.57. The van der Waals surface area contributed by atoms with Gasteiger partial charge in [0.1, 0.15) is 5.56 Å². The molecule has 0 saturated carbocycles. The first-order valence-corrected chi connectivity index (χ1v) is 8.43. The van der Waals surface area contributed by atoms with Gasteiger partial charge in [-0.3, -0.25) is 9.59 Å². The van der Waals surface area contributed by atoms with Crippen molar-refractivity contribution in [1.82, 2.24) is 9.88 Å². The second kappa shape index (κ2) is 9.71. The van der Waals surface area contributed by atoms with Crippen LogP contribution in [0.5, 0.6) is 0 Å². The van der Waals surface area contributed by atoms with E-state index in [1.54, 1.807) is 20.4 Å². The molecule has 0 aliphatic heterocycles. The molecule has 1 N–H and O–H groups in total. The van der Waals surface area contributed by atoms with E-state index >= 15 is 0 Å². The molecule has 0 aliphatic rings. The molecule has 0 spiro atoms. The summed E-state index contributed by atoms with van der Waals surface area (Å²) in [6.45, 7) is 3.33. The molecule has 0 saturated heterocycles. The first-order chi connectivity index (χ1) is 11.0. The smallest absolute Gasteiger partial charge is 0.257 e. The van der Waals surface area contributed by atoms with Crippen LogP contribution in [-0.2, 0) is 16.5 Å². The van der Waals surface area contributed by atoms with Crippen LogP contribution in [0.15, 0.2) is 16.4 Å². The Bertz CT molecular complexity index is 705. The summed E-state index contributed by atoms with van der Waals surface area (Å²) in [5.74, 6) is -0.169. The number of ether oxygens (including phenoxy) is 2. The predicted molar refractivity (Wildman–Crippen MR) is 96.9 cm³/mol. The highest BCUT2D eigenvalue weighted by Gasteiger charge is 2.15. The van der Waals surface area contributed by atoms with Gasteiger partial charge in [0.05, 0.1) is 29.3 Å². The molecule has 0 aromatic carbocycles. The Kier molecular flexibility index (Phi) is 8.32. The largest absolute Gasteiger partial charge is 0.382 e. The van der Waals surface area contributed by atoms with Gasteiger partial charge >= 0.3 is 0 Å². The third-order valence-corrected chi connectivity index (χ3v) is 4.29. The lowest BCUT2D eigenvalue weighted by molar-refractivity contribution is 0.0959. The molecule has 2 rings (SSSR count). The van der Waals surface area contributed by atoms with Crippen LogP contribution in [0.2, 0.25) is 0 Å². The molecule has 23 heavy (non-hydrogen) atoms. The fourth-order valence-corrected chi connectivity index (χ4v) is 3.16. The lowest BCUT2D eigenvalue weighted by Crippen LogP contribution is -2.28. The second-order valence-electron chi connectivity index (χ2n) is 4.73. The number of nitrogens with one attached hydrogen (secondary N) is 1. The topological polar surface area (TPSA) is 69.6 Å². The SMILES string of the molecule is COCCOC.Cc1csc2c(=O)c(C(=O)NCS)cn(C)c12. The quantitative estimate of drug-likeness (QED) is 0.486. The number of pyridine rings is 1. The summed E-state index contributed by atoms with van der Waals surface area (Å²) in [6, 6.07) is 0. The lowest BCUT2D eigenvalue weighted by Gasteiger charge is -2.06. The Balaban J connectivity index is 0.000000379. The second-order valence-corrected chi connectivity index (χ2v) is 5.92. The van der Waals surface area contributed by atoms with Gasteiger partial charge in [-0.1, -0.05) is 0 Å². The van der Waals surface area contributed by atoms with E-state index in [1.807, 2.05) is 23.9 Å². The first kappa shape index (κ1) is 19.7. The van der Waals surface area contributed by atoms with Gasteiger partial charge in [0.25, 0.3) is 5.91 Å². The average Bonchev–Trinajstić information content (AvgIpc) is 2.92. The third-order valence-electron chi connectivity index (χ3n) is 3.04. The number of aryl methyl sites for hydroxylation is 2. The number of hydrogen-bond acceptors (Lipinski definition) is 6. The number of carbonyl (C=O) groups is 1. The van der Waals surface area contributed by atoms with E-state index in [0.717, 1.165) is 11.1 Å². The molecule has 0 radical (unpaired) electrons. The number of rotatable bonds is 5. The molecule has 0 aliphatic carbocycles. The fourth-order valence-electron chi connectivity index (χ4n) is 1.97. The average molecular weight is 358 g/mol. The Morgan fingerprint density at radius 1 is 1.35 bits per heavy atom. The zero-order valence-electron chi connectivity index (χ0n) is 13.7. The summed E-state index contributed by atoms with van der Waals surface area (Å²) >= 11 is 5.28. The van der Waals surface area contributed by atoms with Gasteiger partial charge in [-0.25, -0.2) is 0 Å². The van der Waals surface area contributed by atoms with Crippen molar-refractivity contribution in [3.8, 4) is 0 Å². The van der Waals surface area contributed by atoms with Crippen LogP contribution in [0.25, 0.3) is 10.2 Å². The van der Waals surface area contributed by atoms with E-state index in [9.17, 15) is 9.59 Å². The van der Waals surface area contributed by atoms with Crippen molar-refractivity contribution in [2.75, 3.05) is 33.3 Å². The molecule has 0 bridgehead atoms. The van der Waals surface area contributed by atoms with Crippen LogP contribution in [0, 0.1) is 6.92 Å². The highest BCUT2D eigenvalue weighted by molar-refractivity contribution is 7.80. The summed E-state index contributed by atoms with van der Waals surface area (Å²) < 4.78 is 11.8. The molecule has 1 amide bonds. The molecule has 6 nitrogen and oxygen atoms in total. The summed E-state index contributed by atoms with van der Waals surface area (Å²) in [4.78, 5) is 23.8. The number of nitrogens with zero attached hydrogens (tertiary/aromatic N) is 1. The maximum absolute atomic E-state index is 12.1. The van der Waals surface area contributed by atoms with Crippen LogP contribution in [0.3, 0.4) is 0 Å². The number of carbonyl (C=O) groups excluding carboxylic acids is 1. The minimum atomic E-state index is -0.381. The zero-order chi connectivity index (χ0) is 17.4. The summed E-state index contributed by atoms with van der Waals surface area (Å²) in [5.41, 5.74) is 1.89. The van der Waals surface area contributed by atoms with Crippen molar-refractivity contribution < 1.29 is 14.3 Å². The first-order valence-electron chi connectivity index (χ1n) is 6.92. The molecule has 0 unspecified atom stereocenters. The van der Waals surface area contributed by atoms with Gasteiger partial charge in [-0.2, -0.15) is 12.6 Å². The van der Waals surface area contributed by atoms with Crippen molar-refractivity contribution in [3.05, 3.63) is 32.9 Å². The zero-order valence-corrected chi connectivity index (χ0v) is 15.4. The van der Waals surface area contributed by atoms with Crippen LogP contribution < -0.4 is 10.7 Å². The van der Waals surface area contributed by atoms with E-state index in [0.29, 0.717) is 17.9 Å². The van der Waals surface area contributed by atoms with Gasteiger partial charge < -0.3 is 19.4 Å². The van der Waals surface area contributed by atoms with Crippen molar-refractivity contribution in [3.63, 3.8) is 0 Å². The van der Waals surface area contributed by atoms with Crippen molar-refractivity contribution in [2.45, 2.75) is 6.92 Å². The van der Waals surface area contributed by atoms with E-state index in [-0.39, 0.29) is 22.8 Å². The van der Waals surface area contributed by atoms with Crippen LogP contribution in [-0.4, -0.2) is 43.8 Å². The van der Waals surface area contributed by atoms with E-state index < -0.39 is 0 Å². The number of thiophene rings is 1. The van der Waals surface area contributed by atoms with Crippen molar-refractivity contribution >= 4 is 40.1 Å². The number of amides is 1. The lowest BCUT2D eigenvalue weighted by atomic mass is 10.2. The van der Waals surface area contributed by atoms with Gasteiger partial charge in [0.15, 0.2) is 0 Å². The summed E-state index contributed by atoms with van der Waals surface area (Å²) in [7, 11) is 5.14. The minimum absolute atomic E-state index is 0.163. The predicted octanol–water partition coefficient (Wildman–Crippen LogP) is 1.80. The van der Waals surface area contributed by atoms with E-state index in [4.69, 9.17) is 0 Å². The van der Waals surface area contributed by atoms with Gasteiger partial charge in [-0.15, -0.1) is 11.3 Å². The van der Waals surface area contributed by atoms with Crippen LogP contribution in [0.1, 0.15) is 15.9 Å². The Hall–Kier alpha value is -1.35. The summed E-state index contributed by atoms with van der Waals surface area (Å²) in [5, 5.41) is 4.44. The highest BCUT2D eigenvalue weighted by atomic mass is 32.1. The maximum Gasteiger partial charge on any atom is 0.257 e. The maximum atomic E-state index is 12.1. The standard InChI is InChI=1S/C11H12N2O2S2.C4H10O2/c1-6-4-17-10-8(6)13(2)3-7(9(10)14)11(15)12-5-16;1-5-3-4-6-2/h3-4,16H,5H2,1-2H3,(H,12,15);3-4H2,1-2H3. The van der Waals surface area contributed by atoms with Gasteiger partial charge in [0, 0.05) is 27.5 Å². The molecule has 2 heterocycles.